The van der Waals surface area contributed by atoms with Crippen LogP contribution in [0.3, 0.4) is 0 Å². The molecule has 0 bridgehead atoms. The smallest absolute Gasteiger partial charge is 0.294 e. The van der Waals surface area contributed by atoms with Crippen LogP contribution in [0.2, 0.25) is 0 Å². The number of nitrogens with zero attached hydrogens (tertiary/aromatic N) is 2. The Morgan fingerprint density at radius 3 is 2.38 bits per heavy atom. The van der Waals surface area contributed by atoms with Crippen molar-refractivity contribution in [2.45, 2.75) is 20.8 Å². The maximum atomic E-state index is 12.9. The Bertz CT molecular complexity index is 1230. The summed E-state index contributed by atoms with van der Waals surface area (Å²) in [4.78, 5) is 39.0. The molecule has 1 aliphatic heterocycles. The van der Waals surface area contributed by atoms with E-state index in [2.05, 4.69) is 9.88 Å². The van der Waals surface area contributed by atoms with E-state index in [1.165, 1.54) is 0 Å². The predicted molar refractivity (Wildman–Crippen MR) is 128 cm³/mol. The van der Waals surface area contributed by atoms with E-state index in [4.69, 9.17) is 0 Å². The van der Waals surface area contributed by atoms with Crippen molar-refractivity contribution in [3.63, 3.8) is 0 Å². The van der Waals surface area contributed by atoms with E-state index in [-0.39, 0.29) is 6.54 Å². The second-order valence-corrected chi connectivity index (χ2v) is 8.67. The lowest BCUT2D eigenvalue weighted by Gasteiger charge is -2.12. The minimum absolute atomic E-state index is 0.312. The zero-order valence-corrected chi connectivity index (χ0v) is 18.9. The summed E-state index contributed by atoms with van der Waals surface area (Å²) in [5.74, 6) is -0.872. The molecule has 162 valence electrons. The Morgan fingerprint density at radius 1 is 1.00 bits per heavy atom. The number of anilines is 1. The van der Waals surface area contributed by atoms with Gasteiger partial charge in [0, 0.05) is 22.8 Å². The number of nitrogens with one attached hydrogen (secondary N) is 1. The fraction of sp³-hybridized carbons (Fsp3) is 0.160. The molecule has 3 aromatic rings. The number of amides is 3. The van der Waals surface area contributed by atoms with Crippen LogP contribution < -0.4 is 5.32 Å². The van der Waals surface area contributed by atoms with Crippen molar-refractivity contribution >= 4 is 40.6 Å². The molecule has 0 unspecified atom stereocenters. The van der Waals surface area contributed by atoms with Crippen molar-refractivity contribution in [3.8, 4) is 5.69 Å². The Balaban J connectivity index is 1.51. The first-order valence-corrected chi connectivity index (χ1v) is 11.0. The molecular weight excluding hydrogens is 422 g/mol. The molecule has 1 aromatic heterocycles. The van der Waals surface area contributed by atoms with Gasteiger partial charge in [0.1, 0.15) is 6.54 Å². The second kappa shape index (κ2) is 8.88. The molecule has 3 amide bonds. The number of aromatic nitrogens is 1. The number of imide groups is 1. The van der Waals surface area contributed by atoms with Crippen LogP contribution in [0.4, 0.5) is 10.5 Å². The van der Waals surface area contributed by atoms with Crippen molar-refractivity contribution in [3.05, 3.63) is 88.1 Å². The van der Waals surface area contributed by atoms with Gasteiger partial charge in [-0.05, 0) is 74.5 Å². The maximum absolute atomic E-state index is 12.9. The minimum Gasteiger partial charge on any atom is -0.325 e. The number of aryl methyl sites for hydroxylation is 2. The van der Waals surface area contributed by atoms with Gasteiger partial charge in [-0.15, -0.1) is 0 Å². The van der Waals surface area contributed by atoms with Crippen molar-refractivity contribution < 1.29 is 14.4 Å². The summed E-state index contributed by atoms with van der Waals surface area (Å²) in [6.07, 6.45) is 1.73. The number of carbonyl (C=O) groups excluding carboxylic acids is 3. The standard InChI is InChI=1S/C25H23N3O3S/c1-16-9-11-20(12-10-16)26-23(29)15-27-24(30)22(32-25(27)31)14-19-13-17(2)28(18(19)3)21-7-5-4-6-8-21/h4-14H,15H2,1-3H3,(H,26,29)/b22-14+. The van der Waals surface area contributed by atoms with E-state index in [9.17, 15) is 14.4 Å². The number of hydrogen-bond donors (Lipinski definition) is 1. The van der Waals surface area contributed by atoms with Gasteiger partial charge in [-0.3, -0.25) is 19.3 Å². The average molecular weight is 446 g/mol. The van der Waals surface area contributed by atoms with E-state index in [1.807, 2.05) is 69.3 Å². The minimum atomic E-state index is -0.455. The highest BCUT2D eigenvalue weighted by molar-refractivity contribution is 8.18. The molecule has 1 N–H and O–H groups in total. The molecule has 6 nitrogen and oxygen atoms in total. The van der Waals surface area contributed by atoms with Crippen LogP contribution in [0.15, 0.2) is 65.6 Å². The summed E-state index contributed by atoms with van der Waals surface area (Å²) in [5, 5.41) is 2.28. The Kier molecular flexibility index (Phi) is 6.01. The zero-order valence-electron chi connectivity index (χ0n) is 18.1. The van der Waals surface area contributed by atoms with Gasteiger partial charge in [-0.25, -0.2) is 0 Å². The van der Waals surface area contributed by atoms with Crippen LogP contribution in [0.1, 0.15) is 22.5 Å². The molecule has 2 aromatic carbocycles. The quantitative estimate of drug-likeness (QED) is 0.556. The first-order valence-electron chi connectivity index (χ1n) is 10.2. The highest BCUT2D eigenvalue weighted by Gasteiger charge is 2.36. The van der Waals surface area contributed by atoms with E-state index in [0.29, 0.717) is 10.6 Å². The van der Waals surface area contributed by atoms with Gasteiger partial charge in [0.05, 0.1) is 4.91 Å². The van der Waals surface area contributed by atoms with Crippen molar-refractivity contribution in [1.29, 1.82) is 0 Å². The Hall–Kier alpha value is -3.58. The molecule has 4 rings (SSSR count). The molecule has 7 heteroatoms. The second-order valence-electron chi connectivity index (χ2n) is 7.68. The summed E-state index contributed by atoms with van der Waals surface area (Å²) in [7, 11) is 0. The molecule has 1 saturated heterocycles. The van der Waals surface area contributed by atoms with E-state index in [1.54, 1.807) is 18.2 Å². The summed E-state index contributed by atoms with van der Waals surface area (Å²) in [6, 6.07) is 19.3. The van der Waals surface area contributed by atoms with Gasteiger partial charge in [0.2, 0.25) is 5.91 Å². The van der Waals surface area contributed by atoms with Gasteiger partial charge < -0.3 is 9.88 Å². The molecule has 32 heavy (non-hydrogen) atoms. The van der Waals surface area contributed by atoms with Crippen molar-refractivity contribution in [1.82, 2.24) is 9.47 Å². The fourth-order valence-electron chi connectivity index (χ4n) is 3.67. The summed E-state index contributed by atoms with van der Waals surface area (Å²) < 4.78 is 2.10. The lowest BCUT2D eigenvalue weighted by atomic mass is 10.2. The van der Waals surface area contributed by atoms with Crippen LogP contribution in [-0.4, -0.2) is 33.1 Å². The van der Waals surface area contributed by atoms with Crippen LogP contribution >= 0.6 is 11.8 Å². The molecule has 1 fully saturated rings. The molecule has 0 radical (unpaired) electrons. The first-order chi connectivity index (χ1) is 15.3. The summed E-state index contributed by atoms with van der Waals surface area (Å²) >= 11 is 0.856. The number of benzene rings is 2. The molecule has 0 atom stereocenters. The molecule has 0 saturated carbocycles. The first kappa shape index (κ1) is 21.6. The highest BCUT2D eigenvalue weighted by Crippen LogP contribution is 2.33. The van der Waals surface area contributed by atoms with Crippen LogP contribution in [0, 0.1) is 20.8 Å². The molecule has 0 spiro atoms. The highest BCUT2D eigenvalue weighted by atomic mass is 32.2. The largest absolute Gasteiger partial charge is 0.325 e. The molecular formula is C25H23N3O3S. The Morgan fingerprint density at radius 2 is 1.69 bits per heavy atom. The van der Waals surface area contributed by atoms with Gasteiger partial charge in [0.25, 0.3) is 11.1 Å². The molecule has 2 heterocycles. The number of rotatable bonds is 5. The zero-order chi connectivity index (χ0) is 22.8. The summed E-state index contributed by atoms with van der Waals surface area (Å²) in [5.41, 5.74) is 5.58. The summed E-state index contributed by atoms with van der Waals surface area (Å²) in [6.45, 7) is 5.61. The van der Waals surface area contributed by atoms with Crippen LogP contribution in [0.25, 0.3) is 11.8 Å². The van der Waals surface area contributed by atoms with Crippen LogP contribution in [0.5, 0.6) is 0 Å². The lowest BCUT2D eigenvalue weighted by molar-refractivity contribution is -0.127. The lowest BCUT2D eigenvalue weighted by Crippen LogP contribution is -2.36. The van der Waals surface area contributed by atoms with Crippen molar-refractivity contribution in [2.24, 2.45) is 0 Å². The van der Waals surface area contributed by atoms with E-state index in [0.717, 1.165) is 44.9 Å². The predicted octanol–water partition coefficient (Wildman–Crippen LogP) is 5.08. The van der Waals surface area contributed by atoms with Crippen molar-refractivity contribution in [2.75, 3.05) is 11.9 Å². The average Bonchev–Trinajstić information content (AvgIpc) is 3.19. The van der Waals surface area contributed by atoms with E-state index >= 15 is 0 Å². The third-order valence-electron chi connectivity index (χ3n) is 5.28. The molecule has 1 aliphatic rings. The fourth-order valence-corrected chi connectivity index (χ4v) is 4.50. The number of carbonyl (C=O) groups is 3. The normalized spacial score (nSPS) is 15.0. The van der Waals surface area contributed by atoms with Gasteiger partial charge in [-0.2, -0.15) is 0 Å². The Labute approximate surface area is 190 Å². The molecule has 0 aliphatic carbocycles. The van der Waals surface area contributed by atoms with Gasteiger partial charge in [-0.1, -0.05) is 35.9 Å². The topological polar surface area (TPSA) is 71.4 Å². The maximum Gasteiger partial charge on any atom is 0.294 e. The SMILES string of the molecule is Cc1ccc(NC(=O)CN2C(=O)S/C(=C/c3cc(C)n(-c4ccccc4)c3C)C2=O)cc1. The van der Waals surface area contributed by atoms with E-state index < -0.39 is 17.1 Å². The monoisotopic (exact) mass is 445 g/mol. The van der Waals surface area contributed by atoms with Gasteiger partial charge in [0.15, 0.2) is 0 Å². The third-order valence-corrected chi connectivity index (χ3v) is 6.19. The van der Waals surface area contributed by atoms with Crippen LogP contribution in [-0.2, 0) is 9.59 Å². The number of thioether (sulfide) groups is 1. The van der Waals surface area contributed by atoms with Gasteiger partial charge >= 0.3 is 0 Å². The number of para-hydroxylation sites is 1. The number of hydrogen-bond acceptors (Lipinski definition) is 4. The third kappa shape index (κ3) is 4.38.